The second kappa shape index (κ2) is 5.01. The van der Waals surface area contributed by atoms with Crippen molar-refractivity contribution in [2.75, 3.05) is 11.1 Å². The molecule has 2 aromatic rings. The quantitative estimate of drug-likeness (QED) is 0.814. The van der Waals surface area contributed by atoms with Crippen LogP contribution >= 0.6 is 11.6 Å². The molecule has 0 radical (unpaired) electrons. The van der Waals surface area contributed by atoms with E-state index in [2.05, 4.69) is 15.3 Å². The number of aromatic nitrogens is 2. The van der Waals surface area contributed by atoms with E-state index in [-0.39, 0.29) is 16.8 Å². The van der Waals surface area contributed by atoms with E-state index in [0.29, 0.717) is 11.4 Å². The Kier molecular flexibility index (Phi) is 3.43. The number of carbonyl (C=O) groups excluding carboxylic acids is 1. The molecule has 0 aliphatic carbocycles. The number of pyridine rings is 2. The molecule has 3 N–H and O–H groups in total. The standard InChI is InChI=1S/C12H11ClN4O/c1-7-4-10(11(13)16-5-7)17-12(18)9-3-2-8(14)6-15-9/h2-6H,14H2,1H3,(H,17,18). The fourth-order valence-electron chi connectivity index (χ4n) is 1.37. The SMILES string of the molecule is Cc1cnc(Cl)c(NC(=O)c2ccc(N)cn2)c1. The Balaban J connectivity index is 2.21. The molecule has 0 fully saturated rings. The van der Waals surface area contributed by atoms with Gasteiger partial charge in [-0.25, -0.2) is 9.97 Å². The van der Waals surface area contributed by atoms with Crippen molar-refractivity contribution in [2.45, 2.75) is 6.92 Å². The van der Waals surface area contributed by atoms with E-state index in [0.717, 1.165) is 5.56 Å². The van der Waals surface area contributed by atoms with E-state index in [1.165, 1.54) is 6.20 Å². The molecule has 0 atom stereocenters. The van der Waals surface area contributed by atoms with Crippen molar-refractivity contribution in [3.8, 4) is 0 Å². The Labute approximate surface area is 109 Å². The average molecular weight is 263 g/mol. The van der Waals surface area contributed by atoms with Gasteiger partial charge in [-0.05, 0) is 30.7 Å². The summed E-state index contributed by atoms with van der Waals surface area (Å²) in [6.45, 7) is 1.86. The van der Waals surface area contributed by atoms with Crippen molar-refractivity contribution in [1.82, 2.24) is 9.97 Å². The number of nitrogens with one attached hydrogen (secondary N) is 1. The molecule has 0 aromatic carbocycles. The summed E-state index contributed by atoms with van der Waals surface area (Å²) < 4.78 is 0. The lowest BCUT2D eigenvalue weighted by molar-refractivity contribution is 0.102. The van der Waals surface area contributed by atoms with Gasteiger partial charge in [-0.3, -0.25) is 4.79 Å². The molecule has 6 heteroatoms. The number of carbonyl (C=O) groups is 1. The Hall–Kier alpha value is -2.14. The van der Waals surface area contributed by atoms with E-state index in [1.54, 1.807) is 24.4 Å². The lowest BCUT2D eigenvalue weighted by Gasteiger charge is -2.07. The van der Waals surface area contributed by atoms with Crippen molar-refractivity contribution in [1.29, 1.82) is 0 Å². The van der Waals surface area contributed by atoms with E-state index >= 15 is 0 Å². The van der Waals surface area contributed by atoms with Gasteiger partial charge in [0.15, 0.2) is 5.15 Å². The van der Waals surface area contributed by atoms with Crippen LogP contribution in [0, 0.1) is 6.92 Å². The molecular weight excluding hydrogens is 252 g/mol. The van der Waals surface area contributed by atoms with Crippen LogP contribution in [0.3, 0.4) is 0 Å². The average Bonchev–Trinajstić information content (AvgIpc) is 2.34. The third-order valence-electron chi connectivity index (χ3n) is 2.24. The van der Waals surface area contributed by atoms with Crippen molar-refractivity contribution < 1.29 is 4.79 Å². The van der Waals surface area contributed by atoms with Crippen LogP contribution in [0.15, 0.2) is 30.6 Å². The highest BCUT2D eigenvalue weighted by Crippen LogP contribution is 2.20. The molecule has 92 valence electrons. The van der Waals surface area contributed by atoms with Gasteiger partial charge in [0, 0.05) is 6.20 Å². The molecule has 0 aliphatic heterocycles. The van der Waals surface area contributed by atoms with Gasteiger partial charge in [0.2, 0.25) is 0 Å². The first-order valence-corrected chi connectivity index (χ1v) is 5.59. The molecule has 0 aliphatic rings. The second-order valence-corrected chi connectivity index (χ2v) is 4.14. The van der Waals surface area contributed by atoms with Gasteiger partial charge in [-0.2, -0.15) is 0 Å². The molecule has 1 amide bonds. The zero-order valence-corrected chi connectivity index (χ0v) is 10.4. The van der Waals surface area contributed by atoms with Gasteiger partial charge < -0.3 is 11.1 Å². The van der Waals surface area contributed by atoms with Crippen LogP contribution in [0.4, 0.5) is 11.4 Å². The van der Waals surface area contributed by atoms with E-state index in [4.69, 9.17) is 17.3 Å². The zero-order valence-electron chi connectivity index (χ0n) is 9.64. The number of amides is 1. The summed E-state index contributed by atoms with van der Waals surface area (Å²) in [6.07, 6.45) is 3.05. The number of halogens is 1. The minimum absolute atomic E-state index is 0.240. The number of nitrogen functional groups attached to an aromatic ring is 1. The molecule has 0 saturated carbocycles. The minimum atomic E-state index is -0.357. The monoisotopic (exact) mass is 262 g/mol. The predicted octanol–water partition coefficient (Wildman–Crippen LogP) is 2.27. The Bertz CT molecular complexity index is 583. The maximum Gasteiger partial charge on any atom is 0.274 e. The summed E-state index contributed by atoms with van der Waals surface area (Å²) in [4.78, 5) is 19.8. The summed E-state index contributed by atoms with van der Waals surface area (Å²) in [5.74, 6) is -0.357. The zero-order chi connectivity index (χ0) is 13.1. The highest BCUT2D eigenvalue weighted by molar-refractivity contribution is 6.32. The maximum absolute atomic E-state index is 11.9. The fourth-order valence-corrected chi connectivity index (χ4v) is 1.52. The fraction of sp³-hybridized carbons (Fsp3) is 0.0833. The number of rotatable bonds is 2. The first kappa shape index (κ1) is 12.3. The van der Waals surface area contributed by atoms with Gasteiger partial charge in [-0.15, -0.1) is 0 Å². The van der Waals surface area contributed by atoms with Crippen LogP contribution in [0.2, 0.25) is 5.15 Å². The molecule has 2 aromatic heterocycles. The highest BCUT2D eigenvalue weighted by atomic mass is 35.5. The summed E-state index contributed by atoms with van der Waals surface area (Å²) in [5, 5.41) is 2.89. The van der Waals surface area contributed by atoms with Crippen LogP contribution in [0.25, 0.3) is 0 Å². The number of nitrogens with two attached hydrogens (primary N) is 1. The van der Waals surface area contributed by atoms with E-state index in [9.17, 15) is 4.79 Å². The third-order valence-corrected chi connectivity index (χ3v) is 2.54. The molecule has 18 heavy (non-hydrogen) atoms. The molecule has 2 heterocycles. The lowest BCUT2D eigenvalue weighted by atomic mass is 10.2. The lowest BCUT2D eigenvalue weighted by Crippen LogP contribution is -2.14. The Morgan fingerprint density at radius 2 is 2.11 bits per heavy atom. The number of hydrogen-bond acceptors (Lipinski definition) is 4. The van der Waals surface area contributed by atoms with Crippen LogP contribution in [-0.4, -0.2) is 15.9 Å². The summed E-state index contributed by atoms with van der Waals surface area (Å²) in [6, 6.07) is 4.89. The molecule has 2 rings (SSSR count). The third kappa shape index (κ3) is 2.75. The van der Waals surface area contributed by atoms with Gasteiger partial charge in [0.25, 0.3) is 5.91 Å². The molecule has 0 unspecified atom stereocenters. The first-order chi connectivity index (χ1) is 8.56. The molecule has 0 saturated heterocycles. The van der Waals surface area contributed by atoms with Crippen molar-refractivity contribution in [2.24, 2.45) is 0 Å². The second-order valence-electron chi connectivity index (χ2n) is 3.78. The van der Waals surface area contributed by atoms with Crippen LogP contribution < -0.4 is 11.1 Å². The van der Waals surface area contributed by atoms with Crippen molar-refractivity contribution in [3.05, 3.63) is 47.0 Å². The molecular formula is C12H11ClN4O. The van der Waals surface area contributed by atoms with Crippen LogP contribution in [-0.2, 0) is 0 Å². The minimum Gasteiger partial charge on any atom is -0.397 e. The highest BCUT2D eigenvalue weighted by Gasteiger charge is 2.10. The van der Waals surface area contributed by atoms with Crippen molar-refractivity contribution >= 4 is 28.9 Å². The normalized spacial score (nSPS) is 10.1. The van der Waals surface area contributed by atoms with Gasteiger partial charge in [0.1, 0.15) is 5.69 Å². The number of anilines is 2. The van der Waals surface area contributed by atoms with Crippen molar-refractivity contribution in [3.63, 3.8) is 0 Å². The topological polar surface area (TPSA) is 80.9 Å². The maximum atomic E-state index is 11.9. The molecule has 0 spiro atoms. The largest absolute Gasteiger partial charge is 0.397 e. The van der Waals surface area contributed by atoms with Crippen LogP contribution in [0.1, 0.15) is 16.1 Å². The summed E-state index contributed by atoms with van der Waals surface area (Å²) in [7, 11) is 0. The Morgan fingerprint density at radius 3 is 2.78 bits per heavy atom. The smallest absolute Gasteiger partial charge is 0.274 e. The van der Waals surface area contributed by atoms with Crippen LogP contribution in [0.5, 0.6) is 0 Å². The Morgan fingerprint density at radius 1 is 1.33 bits per heavy atom. The van der Waals surface area contributed by atoms with Gasteiger partial charge >= 0.3 is 0 Å². The van der Waals surface area contributed by atoms with Gasteiger partial charge in [0.05, 0.1) is 17.6 Å². The molecule has 5 nitrogen and oxygen atoms in total. The van der Waals surface area contributed by atoms with E-state index in [1.807, 2.05) is 6.92 Å². The molecule has 0 bridgehead atoms. The number of nitrogens with zero attached hydrogens (tertiary/aromatic N) is 2. The number of aryl methyl sites for hydroxylation is 1. The summed E-state index contributed by atoms with van der Waals surface area (Å²) >= 11 is 5.89. The van der Waals surface area contributed by atoms with Gasteiger partial charge in [-0.1, -0.05) is 11.6 Å². The predicted molar refractivity (Wildman–Crippen MR) is 70.6 cm³/mol. The summed E-state index contributed by atoms with van der Waals surface area (Å²) in [5.41, 5.74) is 7.63. The first-order valence-electron chi connectivity index (χ1n) is 5.21. The number of hydrogen-bond donors (Lipinski definition) is 2. The van der Waals surface area contributed by atoms with E-state index < -0.39 is 0 Å².